The summed E-state index contributed by atoms with van der Waals surface area (Å²) in [5.41, 5.74) is 0. The van der Waals surface area contributed by atoms with Crippen molar-refractivity contribution < 1.29 is 18.3 Å². The zero-order valence-electron chi connectivity index (χ0n) is 10.9. The predicted molar refractivity (Wildman–Crippen MR) is 71.6 cm³/mol. The van der Waals surface area contributed by atoms with E-state index >= 15 is 0 Å². The van der Waals surface area contributed by atoms with E-state index in [1.807, 2.05) is 0 Å². The molecule has 1 aromatic rings. The van der Waals surface area contributed by atoms with E-state index < -0.39 is 10.0 Å². The number of sulfonamides is 1. The highest BCUT2D eigenvalue weighted by Crippen LogP contribution is 2.25. The predicted octanol–water partition coefficient (Wildman–Crippen LogP) is 1.09. The zero-order valence-corrected chi connectivity index (χ0v) is 11.8. The Balaban J connectivity index is 2.12. The molecule has 2 rings (SSSR count). The van der Waals surface area contributed by atoms with Crippen LogP contribution in [0.1, 0.15) is 13.3 Å². The highest BCUT2D eigenvalue weighted by Gasteiger charge is 2.30. The molecule has 1 unspecified atom stereocenters. The SMILES string of the molecule is CC1CCN(S(=O)(=O)c2ccc(OCCO)cc2)C1. The van der Waals surface area contributed by atoms with Gasteiger partial charge in [-0.1, -0.05) is 6.92 Å². The molecule has 1 aliphatic rings. The molecule has 6 heteroatoms. The molecule has 0 aromatic heterocycles. The van der Waals surface area contributed by atoms with Crippen molar-refractivity contribution in [2.24, 2.45) is 5.92 Å². The van der Waals surface area contributed by atoms with Crippen molar-refractivity contribution in [2.75, 3.05) is 26.3 Å². The topological polar surface area (TPSA) is 66.8 Å². The molecule has 19 heavy (non-hydrogen) atoms. The molecule has 5 nitrogen and oxygen atoms in total. The van der Waals surface area contributed by atoms with Crippen LogP contribution in [0.2, 0.25) is 0 Å². The fraction of sp³-hybridized carbons (Fsp3) is 0.538. The summed E-state index contributed by atoms with van der Waals surface area (Å²) in [6.45, 7) is 3.38. The van der Waals surface area contributed by atoms with Gasteiger partial charge in [0.15, 0.2) is 0 Å². The number of ether oxygens (including phenoxy) is 1. The Labute approximate surface area is 113 Å². The van der Waals surface area contributed by atoms with Crippen LogP contribution in [-0.4, -0.2) is 44.1 Å². The van der Waals surface area contributed by atoms with Crippen LogP contribution in [0.5, 0.6) is 5.75 Å². The molecule has 0 aliphatic carbocycles. The Bertz CT molecular complexity index is 512. The Morgan fingerprint density at radius 1 is 1.37 bits per heavy atom. The molecular formula is C13H19NO4S. The van der Waals surface area contributed by atoms with Gasteiger partial charge in [-0.05, 0) is 36.6 Å². The summed E-state index contributed by atoms with van der Waals surface area (Å²) in [7, 11) is -3.38. The van der Waals surface area contributed by atoms with E-state index in [1.165, 1.54) is 4.31 Å². The van der Waals surface area contributed by atoms with E-state index in [2.05, 4.69) is 6.92 Å². The molecule has 1 heterocycles. The lowest BCUT2D eigenvalue weighted by Gasteiger charge is -2.16. The van der Waals surface area contributed by atoms with Crippen LogP contribution in [0, 0.1) is 5.92 Å². The van der Waals surface area contributed by atoms with Crippen LogP contribution in [0.3, 0.4) is 0 Å². The monoisotopic (exact) mass is 285 g/mol. The van der Waals surface area contributed by atoms with Crippen molar-refractivity contribution in [1.29, 1.82) is 0 Å². The van der Waals surface area contributed by atoms with Crippen molar-refractivity contribution in [2.45, 2.75) is 18.2 Å². The second-order valence-corrected chi connectivity index (χ2v) is 6.74. The first-order valence-corrected chi connectivity index (χ1v) is 7.82. The van der Waals surface area contributed by atoms with Crippen molar-refractivity contribution in [1.82, 2.24) is 4.31 Å². The Kier molecular flexibility index (Phi) is 4.44. The molecule has 0 amide bonds. The Hall–Kier alpha value is -1.11. The normalized spacial score (nSPS) is 20.6. The fourth-order valence-corrected chi connectivity index (χ4v) is 3.71. The average Bonchev–Trinajstić information content (AvgIpc) is 2.84. The van der Waals surface area contributed by atoms with Crippen molar-refractivity contribution in [3.8, 4) is 5.75 Å². The highest BCUT2D eigenvalue weighted by molar-refractivity contribution is 7.89. The molecule has 0 spiro atoms. The molecule has 1 N–H and O–H groups in total. The van der Waals surface area contributed by atoms with Gasteiger partial charge in [0.25, 0.3) is 0 Å². The van der Waals surface area contributed by atoms with E-state index in [4.69, 9.17) is 9.84 Å². The van der Waals surface area contributed by atoms with Gasteiger partial charge in [0, 0.05) is 13.1 Å². The first-order valence-electron chi connectivity index (χ1n) is 6.38. The molecule has 1 fully saturated rings. The van der Waals surface area contributed by atoms with Crippen molar-refractivity contribution in [3.05, 3.63) is 24.3 Å². The van der Waals surface area contributed by atoms with Crippen LogP contribution >= 0.6 is 0 Å². The molecular weight excluding hydrogens is 266 g/mol. The van der Waals surface area contributed by atoms with E-state index in [0.717, 1.165) is 6.42 Å². The largest absolute Gasteiger partial charge is 0.491 e. The van der Waals surface area contributed by atoms with E-state index in [9.17, 15) is 8.42 Å². The maximum absolute atomic E-state index is 12.4. The second kappa shape index (κ2) is 5.90. The van der Waals surface area contributed by atoms with E-state index in [-0.39, 0.29) is 18.1 Å². The minimum absolute atomic E-state index is 0.0638. The van der Waals surface area contributed by atoms with Gasteiger partial charge >= 0.3 is 0 Å². The van der Waals surface area contributed by atoms with Gasteiger partial charge in [0.2, 0.25) is 10.0 Å². The quantitative estimate of drug-likeness (QED) is 0.879. The minimum Gasteiger partial charge on any atom is -0.491 e. The summed E-state index contributed by atoms with van der Waals surface area (Å²) in [6, 6.07) is 6.32. The minimum atomic E-state index is -3.38. The fourth-order valence-electron chi connectivity index (χ4n) is 2.13. The Morgan fingerprint density at radius 2 is 2.05 bits per heavy atom. The molecule has 1 saturated heterocycles. The van der Waals surface area contributed by atoms with Crippen molar-refractivity contribution >= 4 is 10.0 Å². The number of hydrogen-bond acceptors (Lipinski definition) is 4. The van der Waals surface area contributed by atoms with Gasteiger partial charge < -0.3 is 9.84 Å². The first kappa shape index (κ1) is 14.3. The van der Waals surface area contributed by atoms with Crippen LogP contribution in [-0.2, 0) is 10.0 Å². The highest BCUT2D eigenvalue weighted by atomic mass is 32.2. The summed E-state index contributed by atoms with van der Waals surface area (Å²) in [5, 5.41) is 8.65. The first-order chi connectivity index (χ1) is 9.04. The van der Waals surface area contributed by atoms with Crippen LogP contribution in [0.15, 0.2) is 29.2 Å². The van der Waals surface area contributed by atoms with Gasteiger partial charge in [0.05, 0.1) is 11.5 Å². The standard InChI is InChI=1S/C13H19NO4S/c1-11-6-7-14(10-11)19(16,17)13-4-2-12(3-5-13)18-9-8-15/h2-5,11,15H,6-10H2,1H3. The number of hydrogen-bond donors (Lipinski definition) is 1. The molecule has 0 radical (unpaired) electrons. The van der Waals surface area contributed by atoms with Crippen molar-refractivity contribution in [3.63, 3.8) is 0 Å². The molecule has 1 aliphatic heterocycles. The smallest absolute Gasteiger partial charge is 0.243 e. The zero-order chi connectivity index (χ0) is 13.9. The summed E-state index contributed by atoms with van der Waals surface area (Å²) >= 11 is 0. The van der Waals surface area contributed by atoms with Crippen LogP contribution in [0.4, 0.5) is 0 Å². The summed E-state index contributed by atoms with van der Waals surface area (Å²) in [5.74, 6) is 0.977. The number of nitrogens with zero attached hydrogens (tertiary/aromatic N) is 1. The molecule has 1 atom stereocenters. The maximum atomic E-state index is 12.4. The second-order valence-electron chi connectivity index (χ2n) is 4.80. The van der Waals surface area contributed by atoms with E-state index in [1.54, 1.807) is 24.3 Å². The number of aliphatic hydroxyl groups is 1. The van der Waals surface area contributed by atoms with Gasteiger partial charge in [-0.2, -0.15) is 4.31 Å². The summed E-state index contributed by atoms with van der Waals surface area (Å²) in [6.07, 6.45) is 0.914. The van der Waals surface area contributed by atoms with Crippen LogP contribution in [0.25, 0.3) is 0 Å². The molecule has 0 saturated carbocycles. The average molecular weight is 285 g/mol. The third kappa shape index (κ3) is 3.26. The lowest BCUT2D eigenvalue weighted by molar-refractivity contribution is 0.201. The third-order valence-electron chi connectivity index (χ3n) is 3.21. The molecule has 1 aromatic carbocycles. The maximum Gasteiger partial charge on any atom is 0.243 e. The van der Waals surface area contributed by atoms with Crippen LogP contribution < -0.4 is 4.74 Å². The number of benzene rings is 1. The van der Waals surface area contributed by atoms with Gasteiger partial charge in [-0.15, -0.1) is 0 Å². The molecule has 0 bridgehead atoms. The Morgan fingerprint density at radius 3 is 2.58 bits per heavy atom. The van der Waals surface area contributed by atoms with Gasteiger partial charge in [0.1, 0.15) is 12.4 Å². The van der Waals surface area contributed by atoms with E-state index in [0.29, 0.717) is 24.8 Å². The summed E-state index contributed by atoms with van der Waals surface area (Å²) in [4.78, 5) is 0.290. The number of rotatable bonds is 5. The van der Waals surface area contributed by atoms with Gasteiger partial charge in [-0.25, -0.2) is 8.42 Å². The third-order valence-corrected chi connectivity index (χ3v) is 5.09. The van der Waals surface area contributed by atoms with Gasteiger partial charge in [-0.3, -0.25) is 0 Å². The molecule has 106 valence electrons. The lowest BCUT2D eigenvalue weighted by atomic mass is 10.2. The number of aliphatic hydroxyl groups excluding tert-OH is 1. The summed E-state index contributed by atoms with van der Waals surface area (Å²) < 4.78 is 31.4. The lowest BCUT2D eigenvalue weighted by Crippen LogP contribution is -2.28.